The van der Waals surface area contributed by atoms with E-state index in [0.29, 0.717) is 0 Å². The van der Waals surface area contributed by atoms with Crippen molar-refractivity contribution in [1.82, 2.24) is 10.3 Å². The van der Waals surface area contributed by atoms with E-state index in [1.807, 2.05) is 23.5 Å². The Kier molecular flexibility index (Phi) is 6.36. The SMILES string of the molecule is COCCNCc1cccc(SCc2cncs2)c1. The standard InChI is InChI=1S/C14H18N2OS2/c1-17-6-5-15-8-12-3-2-4-13(7-12)18-10-14-9-16-11-19-14/h2-4,7,9,11,15H,5-6,8,10H2,1H3. The molecule has 0 radical (unpaired) electrons. The third kappa shape index (κ3) is 5.32. The Morgan fingerprint density at radius 2 is 2.37 bits per heavy atom. The molecule has 0 saturated heterocycles. The second-order valence-corrected chi connectivity index (χ2v) is 6.09. The van der Waals surface area contributed by atoms with Gasteiger partial charge in [-0.15, -0.1) is 23.1 Å². The Hall–Kier alpha value is -0.880. The van der Waals surface area contributed by atoms with E-state index in [1.165, 1.54) is 15.3 Å². The van der Waals surface area contributed by atoms with Crippen LogP contribution >= 0.6 is 23.1 Å². The van der Waals surface area contributed by atoms with Gasteiger partial charge in [-0.1, -0.05) is 12.1 Å². The number of rotatable bonds is 8. The molecule has 0 saturated carbocycles. The third-order valence-corrected chi connectivity index (χ3v) is 4.58. The molecular weight excluding hydrogens is 276 g/mol. The lowest BCUT2D eigenvalue weighted by Gasteiger charge is -2.06. The molecule has 19 heavy (non-hydrogen) atoms. The zero-order valence-corrected chi connectivity index (χ0v) is 12.6. The minimum Gasteiger partial charge on any atom is -0.383 e. The number of thioether (sulfide) groups is 1. The highest BCUT2D eigenvalue weighted by Gasteiger charge is 1.99. The number of hydrogen-bond donors (Lipinski definition) is 1. The summed E-state index contributed by atoms with van der Waals surface area (Å²) in [7, 11) is 1.72. The number of aromatic nitrogens is 1. The highest BCUT2D eigenvalue weighted by Crippen LogP contribution is 2.24. The average Bonchev–Trinajstić information content (AvgIpc) is 2.95. The van der Waals surface area contributed by atoms with E-state index in [1.54, 1.807) is 18.4 Å². The van der Waals surface area contributed by atoms with Gasteiger partial charge >= 0.3 is 0 Å². The molecule has 1 N–H and O–H groups in total. The largest absolute Gasteiger partial charge is 0.383 e. The molecule has 5 heteroatoms. The molecule has 0 unspecified atom stereocenters. The van der Waals surface area contributed by atoms with Crippen LogP contribution in [-0.4, -0.2) is 25.2 Å². The van der Waals surface area contributed by atoms with E-state index >= 15 is 0 Å². The van der Waals surface area contributed by atoms with Gasteiger partial charge in [0.15, 0.2) is 0 Å². The summed E-state index contributed by atoms with van der Waals surface area (Å²) >= 11 is 3.56. The molecule has 1 aromatic carbocycles. The molecule has 2 aromatic rings. The molecule has 0 atom stereocenters. The molecule has 0 aliphatic carbocycles. The van der Waals surface area contributed by atoms with E-state index in [2.05, 4.69) is 34.6 Å². The molecule has 0 aliphatic heterocycles. The summed E-state index contributed by atoms with van der Waals surface area (Å²) in [5.74, 6) is 0.991. The molecule has 0 bridgehead atoms. The van der Waals surface area contributed by atoms with Crippen LogP contribution in [0.25, 0.3) is 0 Å². The maximum absolute atomic E-state index is 5.01. The molecule has 0 spiro atoms. The Labute approximate surface area is 122 Å². The lowest BCUT2D eigenvalue weighted by atomic mass is 10.2. The van der Waals surface area contributed by atoms with Gasteiger partial charge in [0.25, 0.3) is 0 Å². The fourth-order valence-electron chi connectivity index (χ4n) is 1.62. The maximum Gasteiger partial charge on any atom is 0.0794 e. The van der Waals surface area contributed by atoms with Gasteiger partial charge in [0, 0.05) is 41.9 Å². The lowest BCUT2D eigenvalue weighted by molar-refractivity contribution is 0.199. The zero-order valence-electron chi connectivity index (χ0n) is 11.0. The van der Waals surface area contributed by atoms with Crippen LogP contribution in [0.1, 0.15) is 10.4 Å². The van der Waals surface area contributed by atoms with Crippen LogP contribution in [0.2, 0.25) is 0 Å². The molecule has 3 nitrogen and oxygen atoms in total. The predicted molar refractivity (Wildman–Crippen MR) is 81.7 cm³/mol. The van der Waals surface area contributed by atoms with Crippen LogP contribution in [-0.2, 0) is 17.0 Å². The summed E-state index contributed by atoms with van der Waals surface area (Å²) in [5, 5.41) is 3.36. The first kappa shape index (κ1) is 14.5. The van der Waals surface area contributed by atoms with Crippen molar-refractivity contribution < 1.29 is 4.74 Å². The van der Waals surface area contributed by atoms with Crippen LogP contribution in [0.4, 0.5) is 0 Å². The number of nitrogens with zero attached hydrogens (tertiary/aromatic N) is 1. The molecular formula is C14H18N2OS2. The Bertz CT molecular complexity index is 474. The normalized spacial score (nSPS) is 10.8. The van der Waals surface area contributed by atoms with Gasteiger partial charge in [0.05, 0.1) is 12.1 Å². The zero-order chi connectivity index (χ0) is 13.3. The van der Waals surface area contributed by atoms with Gasteiger partial charge < -0.3 is 10.1 Å². The van der Waals surface area contributed by atoms with Crippen molar-refractivity contribution in [3.05, 3.63) is 46.4 Å². The third-order valence-electron chi connectivity index (χ3n) is 2.58. The van der Waals surface area contributed by atoms with Gasteiger partial charge in [-0.2, -0.15) is 0 Å². The van der Waals surface area contributed by atoms with Gasteiger partial charge in [0.2, 0.25) is 0 Å². The van der Waals surface area contributed by atoms with Crippen LogP contribution in [0.15, 0.2) is 40.9 Å². The summed E-state index contributed by atoms with van der Waals surface area (Å²) in [6.07, 6.45) is 1.94. The summed E-state index contributed by atoms with van der Waals surface area (Å²) in [6.45, 7) is 2.52. The van der Waals surface area contributed by atoms with Gasteiger partial charge in [-0.3, -0.25) is 4.98 Å². The molecule has 1 heterocycles. The Morgan fingerprint density at radius 1 is 1.42 bits per heavy atom. The van der Waals surface area contributed by atoms with Crippen LogP contribution < -0.4 is 5.32 Å². The van der Waals surface area contributed by atoms with Crippen molar-refractivity contribution in [2.45, 2.75) is 17.2 Å². The molecule has 0 amide bonds. The molecule has 0 fully saturated rings. The summed E-state index contributed by atoms with van der Waals surface area (Å²) in [5.41, 5.74) is 3.19. The number of benzene rings is 1. The molecule has 2 rings (SSSR count). The van der Waals surface area contributed by atoms with Crippen LogP contribution in [0.5, 0.6) is 0 Å². The number of thiazole rings is 1. The summed E-state index contributed by atoms with van der Waals surface area (Å²) in [4.78, 5) is 6.71. The monoisotopic (exact) mass is 294 g/mol. The van der Waals surface area contributed by atoms with Gasteiger partial charge in [0.1, 0.15) is 0 Å². The van der Waals surface area contributed by atoms with E-state index in [0.717, 1.165) is 25.4 Å². The van der Waals surface area contributed by atoms with Crippen molar-refractivity contribution in [3.8, 4) is 0 Å². The van der Waals surface area contributed by atoms with E-state index < -0.39 is 0 Å². The van der Waals surface area contributed by atoms with E-state index in [-0.39, 0.29) is 0 Å². The Balaban J connectivity index is 1.81. The van der Waals surface area contributed by atoms with Crippen molar-refractivity contribution in [2.75, 3.05) is 20.3 Å². The smallest absolute Gasteiger partial charge is 0.0794 e. The first-order chi connectivity index (χ1) is 9.38. The quantitative estimate of drug-likeness (QED) is 0.599. The fraction of sp³-hybridized carbons (Fsp3) is 0.357. The minimum absolute atomic E-state index is 0.750. The topological polar surface area (TPSA) is 34.1 Å². The average molecular weight is 294 g/mol. The molecule has 102 valence electrons. The summed E-state index contributed by atoms with van der Waals surface area (Å²) < 4.78 is 5.01. The van der Waals surface area contributed by atoms with Crippen molar-refractivity contribution >= 4 is 23.1 Å². The highest BCUT2D eigenvalue weighted by atomic mass is 32.2. The van der Waals surface area contributed by atoms with Gasteiger partial charge in [-0.05, 0) is 17.7 Å². The first-order valence-electron chi connectivity index (χ1n) is 6.17. The van der Waals surface area contributed by atoms with Crippen molar-refractivity contribution in [3.63, 3.8) is 0 Å². The molecule has 0 aliphatic rings. The first-order valence-corrected chi connectivity index (χ1v) is 8.04. The van der Waals surface area contributed by atoms with E-state index in [9.17, 15) is 0 Å². The minimum atomic E-state index is 0.750. The second kappa shape index (κ2) is 8.32. The highest BCUT2D eigenvalue weighted by molar-refractivity contribution is 7.98. The number of hydrogen-bond acceptors (Lipinski definition) is 5. The van der Waals surface area contributed by atoms with Gasteiger partial charge in [-0.25, -0.2) is 0 Å². The second-order valence-electron chi connectivity index (χ2n) is 4.07. The van der Waals surface area contributed by atoms with Crippen LogP contribution in [0.3, 0.4) is 0 Å². The van der Waals surface area contributed by atoms with E-state index in [4.69, 9.17) is 4.74 Å². The fourth-order valence-corrected chi connectivity index (χ4v) is 3.24. The lowest BCUT2D eigenvalue weighted by Crippen LogP contribution is -2.18. The number of nitrogens with one attached hydrogen (secondary N) is 1. The van der Waals surface area contributed by atoms with Crippen molar-refractivity contribution in [1.29, 1.82) is 0 Å². The number of methoxy groups -OCH3 is 1. The number of ether oxygens (including phenoxy) is 1. The Morgan fingerprint density at radius 3 is 3.16 bits per heavy atom. The molecule has 1 aromatic heterocycles. The van der Waals surface area contributed by atoms with Crippen molar-refractivity contribution in [2.24, 2.45) is 0 Å². The predicted octanol–water partition coefficient (Wildman–Crippen LogP) is 3.17. The maximum atomic E-state index is 5.01. The van der Waals surface area contributed by atoms with Crippen LogP contribution in [0, 0.1) is 0 Å². The summed E-state index contributed by atoms with van der Waals surface area (Å²) in [6, 6.07) is 8.66.